The standard InChI is InChI=1S/C8H13NO/c1-4-5-6(2)8(9)7(3)10/h4H,1,5,9H2,2-3H3/b8-6-. The Balaban J connectivity index is 4.33. The number of carbonyl (C=O) groups is 1. The average molecular weight is 139 g/mol. The molecular formula is C8H13NO. The lowest BCUT2D eigenvalue weighted by atomic mass is 10.1. The van der Waals surface area contributed by atoms with Gasteiger partial charge in [-0.1, -0.05) is 6.08 Å². The lowest BCUT2D eigenvalue weighted by Gasteiger charge is -1.99. The second kappa shape index (κ2) is 3.88. The van der Waals surface area contributed by atoms with Crippen molar-refractivity contribution in [3.63, 3.8) is 0 Å². The van der Waals surface area contributed by atoms with Gasteiger partial charge >= 0.3 is 0 Å². The van der Waals surface area contributed by atoms with Gasteiger partial charge in [0.25, 0.3) is 0 Å². The summed E-state index contributed by atoms with van der Waals surface area (Å²) >= 11 is 0. The van der Waals surface area contributed by atoms with Gasteiger partial charge in [0.1, 0.15) is 0 Å². The Morgan fingerprint density at radius 1 is 1.60 bits per heavy atom. The van der Waals surface area contributed by atoms with E-state index in [0.29, 0.717) is 12.1 Å². The van der Waals surface area contributed by atoms with E-state index in [1.54, 1.807) is 6.08 Å². The minimum atomic E-state index is -0.0700. The Labute approximate surface area is 61.4 Å². The Kier molecular flexibility index (Phi) is 3.47. The summed E-state index contributed by atoms with van der Waals surface area (Å²) in [6, 6.07) is 0. The molecule has 0 saturated heterocycles. The maximum atomic E-state index is 10.6. The van der Waals surface area contributed by atoms with E-state index in [2.05, 4.69) is 6.58 Å². The van der Waals surface area contributed by atoms with Crippen molar-refractivity contribution in [2.75, 3.05) is 0 Å². The highest BCUT2D eigenvalue weighted by Crippen LogP contribution is 2.03. The van der Waals surface area contributed by atoms with Crippen molar-refractivity contribution >= 4 is 5.78 Å². The highest BCUT2D eigenvalue weighted by molar-refractivity contribution is 5.92. The molecule has 10 heavy (non-hydrogen) atoms. The van der Waals surface area contributed by atoms with Crippen molar-refractivity contribution in [3.8, 4) is 0 Å². The zero-order valence-electron chi connectivity index (χ0n) is 6.48. The molecule has 56 valence electrons. The van der Waals surface area contributed by atoms with Crippen molar-refractivity contribution < 1.29 is 4.79 Å². The topological polar surface area (TPSA) is 43.1 Å². The van der Waals surface area contributed by atoms with Crippen molar-refractivity contribution in [2.45, 2.75) is 20.3 Å². The number of carbonyl (C=O) groups excluding carboxylic acids is 1. The minimum absolute atomic E-state index is 0.0700. The number of nitrogens with two attached hydrogens (primary N) is 1. The van der Waals surface area contributed by atoms with Crippen LogP contribution in [0.5, 0.6) is 0 Å². The first-order valence-corrected chi connectivity index (χ1v) is 3.16. The van der Waals surface area contributed by atoms with Crippen LogP contribution in [0.25, 0.3) is 0 Å². The Bertz CT molecular complexity index is 180. The third-order valence-electron chi connectivity index (χ3n) is 1.29. The van der Waals surface area contributed by atoms with Gasteiger partial charge in [0.05, 0.1) is 5.70 Å². The van der Waals surface area contributed by atoms with Crippen LogP contribution in [0.4, 0.5) is 0 Å². The van der Waals surface area contributed by atoms with Gasteiger partial charge in [0.15, 0.2) is 5.78 Å². The molecule has 0 amide bonds. The fourth-order valence-electron chi connectivity index (χ4n) is 0.627. The Morgan fingerprint density at radius 2 is 2.10 bits per heavy atom. The summed E-state index contributed by atoms with van der Waals surface area (Å²) in [7, 11) is 0. The second-order valence-electron chi connectivity index (χ2n) is 2.24. The summed E-state index contributed by atoms with van der Waals surface area (Å²) in [6.45, 7) is 6.83. The van der Waals surface area contributed by atoms with Gasteiger partial charge in [-0.15, -0.1) is 6.58 Å². The summed E-state index contributed by atoms with van der Waals surface area (Å²) in [6.07, 6.45) is 2.41. The summed E-state index contributed by atoms with van der Waals surface area (Å²) in [5, 5.41) is 0. The first-order chi connectivity index (χ1) is 4.59. The van der Waals surface area contributed by atoms with Crippen LogP contribution in [0.15, 0.2) is 23.9 Å². The van der Waals surface area contributed by atoms with Gasteiger partial charge in [0, 0.05) is 6.92 Å². The van der Waals surface area contributed by atoms with Gasteiger partial charge in [-0.3, -0.25) is 4.79 Å². The molecule has 0 aliphatic carbocycles. The number of allylic oxidation sites excluding steroid dienone is 3. The molecule has 2 nitrogen and oxygen atoms in total. The van der Waals surface area contributed by atoms with Gasteiger partial charge < -0.3 is 5.73 Å². The predicted molar refractivity (Wildman–Crippen MR) is 42.4 cm³/mol. The van der Waals surface area contributed by atoms with Crippen LogP contribution in [0.3, 0.4) is 0 Å². The lowest BCUT2D eigenvalue weighted by molar-refractivity contribution is -0.113. The van der Waals surface area contributed by atoms with E-state index in [-0.39, 0.29) is 5.78 Å². The molecule has 0 atom stereocenters. The largest absolute Gasteiger partial charge is 0.396 e. The van der Waals surface area contributed by atoms with Crippen LogP contribution in [0.2, 0.25) is 0 Å². The molecule has 0 aromatic rings. The van der Waals surface area contributed by atoms with E-state index in [0.717, 1.165) is 5.57 Å². The fraction of sp³-hybridized carbons (Fsp3) is 0.375. The van der Waals surface area contributed by atoms with Crippen molar-refractivity contribution in [2.24, 2.45) is 5.73 Å². The highest BCUT2D eigenvalue weighted by atomic mass is 16.1. The fourth-order valence-corrected chi connectivity index (χ4v) is 0.627. The summed E-state index contributed by atoms with van der Waals surface area (Å²) in [5.41, 5.74) is 6.68. The van der Waals surface area contributed by atoms with Gasteiger partial charge in [-0.2, -0.15) is 0 Å². The summed E-state index contributed by atoms with van der Waals surface area (Å²) in [5.74, 6) is -0.0700. The van der Waals surface area contributed by atoms with Crippen molar-refractivity contribution in [3.05, 3.63) is 23.9 Å². The van der Waals surface area contributed by atoms with Gasteiger partial charge in [0.2, 0.25) is 0 Å². The monoisotopic (exact) mass is 139 g/mol. The number of hydrogen-bond acceptors (Lipinski definition) is 2. The number of Topliss-reactive ketones (excluding diaryl/α,β-unsaturated/α-hetero) is 1. The zero-order chi connectivity index (χ0) is 8.15. The summed E-state index contributed by atoms with van der Waals surface area (Å²) in [4.78, 5) is 10.6. The third kappa shape index (κ3) is 2.49. The molecule has 0 aromatic heterocycles. The van der Waals surface area contributed by atoms with E-state index < -0.39 is 0 Å². The number of rotatable bonds is 3. The summed E-state index contributed by atoms with van der Waals surface area (Å²) < 4.78 is 0. The smallest absolute Gasteiger partial charge is 0.175 e. The molecular weight excluding hydrogens is 126 g/mol. The predicted octanol–water partition coefficient (Wildman–Crippen LogP) is 1.38. The quantitative estimate of drug-likeness (QED) is 0.474. The maximum absolute atomic E-state index is 10.6. The molecule has 0 spiro atoms. The second-order valence-corrected chi connectivity index (χ2v) is 2.24. The number of ketones is 1. The normalized spacial score (nSPS) is 12.2. The van der Waals surface area contributed by atoms with Crippen molar-refractivity contribution in [1.29, 1.82) is 0 Å². The molecule has 0 bridgehead atoms. The van der Waals surface area contributed by atoms with Gasteiger partial charge in [-0.05, 0) is 18.9 Å². The molecule has 0 rings (SSSR count). The van der Waals surface area contributed by atoms with Crippen LogP contribution in [0.1, 0.15) is 20.3 Å². The van der Waals surface area contributed by atoms with Crippen LogP contribution >= 0.6 is 0 Å². The van der Waals surface area contributed by atoms with Gasteiger partial charge in [-0.25, -0.2) is 0 Å². The molecule has 0 saturated carbocycles. The van der Waals surface area contributed by atoms with Crippen LogP contribution < -0.4 is 5.73 Å². The minimum Gasteiger partial charge on any atom is -0.396 e. The molecule has 0 aliphatic heterocycles. The molecule has 0 unspecified atom stereocenters. The molecule has 0 fully saturated rings. The zero-order valence-corrected chi connectivity index (χ0v) is 6.48. The first kappa shape index (κ1) is 8.95. The molecule has 0 heterocycles. The van der Waals surface area contributed by atoms with Crippen LogP contribution in [-0.2, 0) is 4.79 Å². The third-order valence-corrected chi connectivity index (χ3v) is 1.29. The Hall–Kier alpha value is -1.05. The van der Waals surface area contributed by atoms with E-state index in [4.69, 9.17) is 5.73 Å². The van der Waals surface area contributed by atoms with E-state index in [9.17, 15) is 4.79 Å². The SMILES string of the molecule is C=CC/C(C)=C(\N)C(C)=O. The Morgan fingerprint density at radius 3 is 2.40 bits per heavy atom. The number of hydrogen-bond donors (Lipinski definition) is 1. The molecule has 2 N–H and O–H groups in total. The first-order valence-electron chi connectivity index (χ1n) is 3.16. The van der Waals surface area contributed by atoms with E-state index in [1.807, 2.05) is 6.92 Å². The molecule has 2 heteroatoms. The molecule has 0 aromatic carbocycles. The lowest BCUT2D eigenvalue weighted by Crippen LogP contribution is -2.09. The molecule has 0 aliphatic rings. The van der Waals surface area contributed by atoms with Crippen LogP contribution in [0, 0.1) is 0 Å². The van der Waals surface area contributed by atoms with Crippen molar-refractivity contribution in [1.82, 2.24) is 0 Å². The molecule has 0 radical (unpaired) electrons. The van der Waals surface area contributed by atoms with E-state index in [1.165, 1.54) is 6.92 Å². The highest BCUT2D eigenvalue weighted by Gasteiger charge is 2.00. The van der Waals surface area contributed by atoms with Crippen LogP contribution in [-0.4, -0.2) is 5.78 Å². The van der Waals surface area contributed by atoms with E-state index >= 15 is 0 Å². The average Bonchev–Trinajstić information content (AvgIpc) is 1.87. The maximum Gasteiger partial charge on any atom is 0.175 e.